The lowest BCUT2D eigenvalue weighted by atomic mass is 10.3. The van der Waals surface area contributed by atoms with Crippen LogP contribution in [0.2, 0.25) is 0 Å². The van der Waals surface area contributed by atoms with Crippen molar-refractivity contribution in [1.82, 2.24) is 9.88 Å². The topological polar surface area (TPSA) is 34.0 Å². The van der Waals surface area contributed by atoms with E-state index in [1.54, 1.807) is 6.26 Å². The van der Waals surface area contributed by atoms with Crippen molar-refractivity contribution < 1.29 is 4.21 Å². The number of nitrogens with one attached hydrogen (secondary N) is 1. The van der Waals surface area contributed by atoms with E-state index in [9.17, 15) is 4.21 Å². The monoisotopic (exact) mass is 200 g/mol. The van der Waals surface area contributed by atoms with Gasteiger partial charge in [0.15, 0.2) is 0 Å². The fraction of sp³-hybridized carbons (Fsp3) is 0.556. The van der Waals surface area contributed by atoms with Crippen molar-refractivity contribution in [3.8, 4) is 0 Å². The molecule has 1 unspecified atom stereocenters. The van der Waals surface area contributed by atoms with Gasteiger partial charge in [0.1, 0.15) is 0 Å². The Morgan fingerprint density at radius 1 is 1.62 bits per heavy atom. The molecule has 0 saturated carbocycles. The molecule has 0 saturated heterocycles. The van der Waals surface area contributed by atoms with Gasteiger partial charge in [0.05, 0.1) is 0 Å². The number of hydrogen-bond acceptors (Lipinski definition) is 2. The lowest BCUT2D eigenvalue weighted by Gasteiger charge is -2.00. The van der Waals surface area contributed by atoms with Crippen LogP contribution in [0, 0.1) is 0 Å². The zero-order chi connectivity index (χ0) is 9.68. The lowest BCUT2D eigenvalue weighted by molar-refractivity contribution is 0.676. The average Bonchev–Trinajstić information content (AvgIpc) is 2.45. The predicted octanol–water partition coefficient (Wildman–Crippen LogP) is 0.493. The summed E-state index contributed by atoms with van der Waals surface area (Å²) >= 11 is 0. The third-order valence-electron chi connectivity index (χ3n) is 1.79. The van der Waals surface area contributed by atoms with Crippen LogP contribution in [0.1, 0.15) is 5.56 Å². The van der Waals surface area contributed by atoms with Crippen LogP contribution in [0.25, 0.3) is 0 Å². The van der Waals surface area contributed by atoms with Gasteiger partial charge in [-0.3, -0.25) is 4.21 Å². The Morgan fingerprint density at radius 2 is 2.38 bits per heavy atom. The minimum absolute atomic E-state index is 0.686. The Hall–Kier alpha value is -0.610. The molecule has 13 heavy (non-hydrogen) atoms. The van der Waals surface area contributed by atoms with Gasteiger partial charge in [-0.1, -0.05) is 0 Å². The molecule has 1 rings (SSSR count). The minimum Gasteiger partial charge on any atom is -0.357 e. The van der Waals surface area contributed by atoms with Gasteiger partial charge in [0.2, 0.25) is 0 Å². The highest BCUT2D eigenvalue weighted by atomic mass is 32.2. The predicted molar refractivity (Wildman–Crippen MR) is 56.1 cm³/mol. The Bertz CT molecular complexity index is 283. The number of aryl methyl sites for hydroxylation is 1. The SMILES string of the molecule is Cn1ccc(CNCCS(C)=O)c1. The van der Waals surface area contributed by atoms with Crippen LogP contribution in [0.3, 0.4) is 0 Å². The van der Waals surface area contributed by atoms with Gasteiger partial charge in [-0.15, -0.1) is 0 Å². The third-order valence-corrected chi connectivity index (χ3v) is 2.57. The van der Waals surface area contributed by atoms with Gasteiger partial charge < -0.3 is 9.88 Å². The molecule has 4 heteroatoms. The van der Waals surface area contributed by atoms with Crippen LogP contribution in [0.5, 0.6) is 0 Å². The van der Waals surface area contributed by atoms with E-state index in [4.69, 9.17) is 0 Å². The molecule has 0 radical (unpaired) electrons. The first-order chi connectivity index (χ1) is 6.18. The van der Waals surface area contributed by atoms with E-state index in [-0.39, 0.29) is 0 Å². The van der Waals surface area contributed by atoms with E-state index < -0.39 is 10.8 Å². The normalized spacial score (nSPS) is 13.1. The zero-order valence-corrected chi connectivity index (χ0v) is 8.93. The van der Waals surface area contributed by atoms with E-state index in [0.717, 1.165) is 18.8 Å². The maximum Gasteiger partial charge on any atom is 0.0357 e. The second-order valence-electron chi connectivity index (χ2n) is 3.14. The highest BCUT2D eigenvalue weighted by molar-refractivity contribution is 7.84. The molecule has 0 bridgehead atoms. The standard InChI is InChI=1S/C9H16N2OS/c1-11-5-3-9(8-11)7-10-4-6-13(2)12/h3,5,8,10H,4,6-7H2,1-2H3. The Kier molecular flexibility index (Phi) is 4.18. The zero-order valence-electron chi connectivity index (χ0n) is 8.12. The molecule has 0 spiro atoms. The van der Waals surface area contributed by atoms with Crippen molar-refractivity contribution in [1.29, 1.82) is 0 Å². The summed E-state index contributed by atoms with van der Waals surface area (Å²) in [4.78, 5) is 0. The number of rotatable bonds is 5. The molecule has 1 N–H and O–H groups in total. The molecule has 1 heterocycles. The fourth-order valence-corrected chi connectivity index (χ4v) is 1.55. The Balaban J connectivity index is 2.16. The average molecular weight is 200 g/mol. The molecule has 1 atom stereocenters. The van der Waals surface area contributed by atoms with Crippen molar-refractivity contribution in [2.75, 3.05) is 18.6 Å². The second-order valence-corrected chi connectivity index (χ2v) is 4.69. The van der Waals surface area contributed by atoms with Crippen LogP contribution in [0.4, 0.5) is 0 Å². The summed E-state index contributed by atoms with van der Waals surface area (Å²) < 4.78 is 12.7. The van der Waals surface area contributed by atoms with Crippen LogP contribution in [-0.4, -0.2) is 27.3 Å². The molecule has 0 aromatic carbocycles. The van der Waals surface area contributed by atoms with E-state index in [0.29, 0.717) is 0 Å². The first-order valence-corrected chi connectivity index (χ1v) is 6.03. The molecule has 1 aromatic heterocycles. The van der Waals surface area contributed by atoms with E-state index in [1.165, 1.54) is 5.56 Å². The lowest BCUT2D eigenvalue weighted by Crippen LogP contribution is -2.19. The van der Waals surface area contributed by atoms with Crippen LogP contribution >= 0.6 is 0 Å². The second kappa shape index (κ2) is 5.19. The molecule has 3 nitrogen and oxygen atoms in total. The number of aromatic nitrogens is 1. The molecule has 0 aliphatic rings. The summed E-state index contributed by atoms with van der Waals surface area (Å²) in [5.41, 5.74) is 1.27. The first-order valence-electron chi connectivity index (χ1n) is 4.30. The molecular weight excluding hydrogens is 184 g/mol. The minimum atomic E-state index is -0.686. The van der Waals surface area contributed by atoms with Gasteiger partial charge in [0.25, 0.3) is 0 Å². The Labute approximate surface area is 81.6 Å². The first kappa shape index (κ1) is 10.5. The van der Waals surface area contributed by atoms with Gasteiger partial charge in [-0.05, 0) is 11.6 Å². The van der Waals surface area contributed by atoms with Crippen molar-refractivity contribution in [3.05, 3.63) is 24.0 Å². The fourth-order valence-electron chi connectivity index (χ4n) is 1.11. The summed E-state index contributed by atoms with van der Waals surface area (Å²) in [5.74, 6) is 0.729. The largest absolute Gasteiger partial charge is 0.357 e. The van der Waals surface area contributed by atoms with Crippen molar-refractivity contribution in [2.24, 2.45) is 7.05 Å². The van der Waals surface area contributed by atoms with E-state index in [1.807, 2.05) is 17.8 Å². The Morgan fingerprint density at radius 3 is 2.92 bits per heavy atom. The van der Waals surface area contributed by atoms with E-state index in [2.05, 4.69) is 17.6 Å². The van der Waals surface area contributed by atoms with E-state index >= 15 is 0 Å². The molecule has 0 aliphatic carbocycles. The van der Waals surface area contributed by atoms with Crippen molar-refractivity contribution in [3.63, 3.8) is 0 Å². The quantitative estimate of drug-likeness (QED) is 0.702. The smallest absolute Gasteiger partial charge is 0.0357 e. The van der Waals surface area contributed by atoms with Crippen LogP contribution < -0.4 is 5.32 Å². The molecular formula is C9H16N2OS. The van der Waals surface area contributed by atoms with Crippen LogP contribution in [0.15, 0.2) is 18.5 Å². The van der Waals surface area contributed by atoms with Gasteiger partial charge >= 0.3 is 0 Å². The van der Waals surface area contributed by atoms with Gasteiger partial charge in [-0.2, -0.15) is 0 Å². The van der Waals surface area contributed by atoms with Crippen molar-refractivity contribution in [2.45, 2.75) is 6.54 Å². The van der Waals surface area contributed by atoms with Gasteiger partial charge in [-0.25, -0.2) is 0 Å². The van der Waals surface area contributed by atoms with Gasteiger partial charge in [0, 0.05) is 55.3 Å². The number of hydrogen-bond donors (Lipinski definition) is 1. The summed E-state index contributed by atoms with van der Waals surface area (Å²) in [6.45, 7) is 1.68. The number of nitrogens with zero attached hydrogens (tertiary/aromatic N) is 1. The van der Waals surface area contributed by atoms with Crippen molar-refractivity contribution >= 4 is 10.8 Å². The highest BCUT2D eigenvalue weighted by Gasteiger charge is 1.94. The maximum absolute atomic E-state index is 10.7. The molecule has 0 fully saturated rings. The summed E-state index contributed by atoms with van der Waals surface area (Å²) in [6.07, 6.45) is 5.83. The summed E-state index contributed by atoms with van der Waals surface area (Å²) in [5, 5.41) is 3.24. The van der Waals surface area contributed by atoms with Crippen LogP contribution in [-0.2, 0) is 24.4 Å². The highest BCUT2D eigenvalue weighted by Crippen LogP contribution is 1.97. The third kappa shape index (κ3) is 4.24. The maximum atomic E-state index is 10.7. The summed E-state index contributed by atoms with van der Waals surface area (Å²) in [6, 6.07) is 2.08. The molecule has 1 aromatic rings. The molecule has 74 valence electrons. The molecule has 0 aliphatic heterocycles. The molecule has 0 amide bonds. The summed E-state index contributed by atoms with van der Waals surface area (Å²) in [7, 11) is 1.32.